The number of rotatable bonds is 2. The lowest BCUT2D eigenvalue weighted by atomic mass is 10.2. The van der Waals surface area contributed by atoms with E-state index >= 15 is 0 Å². The van der Waals surface area contributed by atoms with Gasteiger partial charge in [0.25, 0.3) is 0 Å². The molecule has 52 valence electrons. The first-order valence-electron chi connectivity index (χ1n) is 2.43. The summed E-state index contributed by atoms with van der Waals surface area (Å²) in [4.78, 5) is 9.64. The molecule has 0 aromatic carbocycles. The predicted octanol–water partition coefficient (Wildman–Crippen LogP) is 2.58. The number of hydrogen-bond acceptors (Lipinski definition) is 2. The molecule has 0 aromatic rings. The summed E-state index contributed by atoms with van der Waals surface area (Å²) in [6.07, 6.45) is -1.20. The first-order valence-corrected chi connectivity index (χ1v) is 2.81. The van der Waals surface area contributed by atoms with Crippen LogP contribution in [-0.2, 0) is 0 Å². The fourth-order valence-corrected chi connectivity index (χ4v) is 0.386. The van der Waals surface area contributed by atoms with Crippen LogP contribution in [0.5, 0.6) is 0 Å². The van der Waals surface area contributed by atoms with Crippen LogP contribution in [0.15, 0.2) is 15.9 Å². The molecule has 0 aliphatic heterocycles. The average molecular weight is 152 g/mol. The summed E-state index contributed by atoms with van der Waals surface area (Å²) < 4.78 is 12.2. The SMILES string of the molecule is C/C(=C(/Cl)N=O)C(C)F. The van der Waals surface area contributed by atoms with Crippen molar-refractivity contribution in [2.75, 3.05) is 0 Å². The smallest absolute Gasteiger partial charge is 0.175 e. The summed E-state index contributed by atoms with van der Waals surface area (Å²) >= 11 is 5.17. The molecule has 9 heavy (non-hydrogen) atoms. The summed E-state index contributed by atoms with van der Waals surface area (Å²) in [5.74, 6) is 0. The third kappa shape index (κ3) is 2.56. The standard InChI is InChI=1S/C5H7ClFNO/c1-3(4(2)7)5(6)8-9/h4H,1-2H3/b5-3+. The van der Waals surface area contributed by atoms with Crippen molar-refractivity contribution >= 4 is 11.6 Å². The van der Waals surface area contributed by atoms with E-state index in [1.807, 2.05) is 0 Å². The predicted molar refractivity (Wildman–Crippen MR) is 34.9 cm³/mol. The molecular weight excluding hydrogens is 145 g/mol. The second kappa shape index (κ2) is 3.56. The van der Waals surface area contributed by atoms with Gasteiger partial charge in [-0.1, -0.05) is 11.6 Å². The lowest BCUT2D eigenvalue weighted by Crippen LogP contribution is -1.94. The van der Waals surface area contributed by atoms with Crippen LogP contribution < -0.4 is 0 Å². The van der Waals surface area contributed by atoms with Gasteiger partial charge in [-0.15, -0.1) is 4.91 Å². The summed E-state index contributed by atoms with van der Waals surface area (Å²) in [7, 11) is 0. The van der Waals surface area contributed by atoms with Gasteiger partial charge in [-0.2, -0.15) is 0 Å². The maximum Gasteiger partial charge on any atom is 0.175 e. The molecular formula is C5H7ClFNO. The number of allylic oxidation sites excluding steroid dienone is 1. The van der Waals surface area contributed by atoms with Crippen LogP contribution in [0.3, 0.4) is 0 Å². The van der Waals surface area contributed by atoms with Crippen LogP contribution in [0.1, 0.15) is 13.8 Å². The Labute approximate surface area is 57.7 Å². The molecule has 1 unspecified atom stereocenters. The summed E-state index contributed by atoms with van der Waals surface area (Å²) in [5.41, 5.74) is 0.173. The molecule has 1 atom stereocenters. The maximum absolute atomic E-state index is 12.2. The highest BCUT2D eigenvalue weighted by molar-refractivity contribution is 6.29. The second-order valence-electron chi connectivity index (χ2n) is 1.68. The highest BCUT2D eigenvalue weighted by Gasteiger charge is 2.05. The van der Waals surface area contributed by atoms with Crippen LogP contribution in [0, 0.1) is 4.91 Å². The van der Waals surface area contributed by atoms with Gasteiger partial charge in [0.1, 0.15) is 6.17 Å². The zero-order chi connectivity index (χ0) is 7.44. The molecule has 0 aliphatic rings. The van der Waals surface area contributed by atoms with Gasteiger partial charge in [-0.05, 0) is 19.0 Å². The Morgan fingerprint density at radius 3 is 2.33 bits per heavy atom. The molecule has 0 heterocycles. The number of hydrogen-bond donors (Lipinski definition) is 0. The van der Waals surface area contributed by atoms with E-state index in [-0.39, 0.29) is 10.7 Å². The maximum atomic E-state index is 12.2. The van der Waals surface area contributed by atoms with E-state index in [1.165, 1.54) is 13.8 Å². The van der Waals surface area contributed by atoms with Gasteiger partial charge in [0.15, 0.2) is 5.16 Å². The van der Waals surface area contributed by atoms with E-state index in [0.717, 1.165) is 0 Å². The van der Waals surface area contributed by atoms with Crippen molar-refractivity contribution in [3.8, 4) is 0 Å². The van der Waals surface area contributed by atoms with Crippen LogP contribution in [-0.4, -0.2) is 6.17 Å². The molecule has 2 nitrogen and oxygen atoms in total. The molecule has 0 spiro atoms. The number of halogens is 2. The summed E-state index contributed by atoms with van der Waals surface area (Å²) in [6, 6.07) is 0. The Morgan fingerprint density at radius 1 is 1.78 bits per heavy atom. The molecule has 0 saturated carbocycles. The molecule has 0 fully saturated rings. The van der Waals surface area contributed by atoms with Gasteiger partial charge in [-0.3, -0.25) is 0 Å². The zero-order valence-corrected chi connectivity index (χ0v) is 5.94. The minimum absolute atomic E-state index is 0.173. The van der Waals surface area contributed by atoms with Crippen molar-refractivity contribution in [2.45, 2.75) is 20.0 Å². The fourth-order valence-electron chi connectivity index (χ4n) is 0.236. The Balaban J connectivity index is 4.27. The van der Waals surface area contributed by atoms with Crippen LogP contribution >= 0.6 is 11.6 Å². The molecule has 4 heteroatoms. The third-order valence-electron chi connectivity index (χ3n) is 1.00. The number of nitroso groups, excluding NO2 is 1. The molecule has 0 amide bonds. The number of alkyl halides is 1. The Kier molecular flexibility index (Phi) is 3.39. The van der Waals surface area contributed by atoms with E-state index < -0.39 is 6.17 Å². The first kappa shape index (κ1) is 8.56. The van der Waals surface area contributed by atoms with Crippen molar-refractivity contribution in [2.24, 2.45) is 5.18 Å². The highest BCUT2D eigenvalue weighted by Crippen LogP contribution is 2.15. The Bertz CT molecular complexity index is 144. The zero-order valence-electron chi connectivity index (χ0n) is 5.19. The lowest BCUT2D eigenvalue weighted by molar-refractivity contribution is 0.410. The molecule has 0 bridgehead atoms. The summed E-state index contributed by atoms with van der Waals surface area (Å²) in [6.45, 7) is 2.72. The third-order valence-corrected chi connectivity index (χ3v) is 1.37. The summed E-state index contributed by atoms with van der Waals surface area (Å²) in [5, 5.41) is 2.08. The van der Waals surface area contributed by atoms with Crippen molar-refractivity contribution in [3.63, 3.8) is 0 Å². The lowest BCUT2D eigenvalue weighted by Gasteiger charge is -1.98. The van der Waals surface area contributed by atoms with Crippen LogP contribution in [0.2, 0.25) is 0 Å². The van der Waals surface area contributed by atoms with E-state index in [1.54, 1.807) is 0 Å². The van der Waals surface area contributed by atoms with E-state index in [2.05, 4.69) is 5.18 Å². The molecule has 0 radical (unpaired) electrons. The van der Waals surface area contributed by atoms with Crippen LogP contribution in [0.25, 0.3) is 0 Å². The van der Waals surface area contributed by atoms with Crippen molar-refractivity contribution in [1.82, 2.24) is 0 Å². The number of nitrogens with zero attached hydrogens (tertiary/aromatic N) is 1. The van der Waals surface area contributed by atoms with E-state index in [0.29, 0.717) is 0 Å². The van der Waals surface area contributed by atoms with Crippen molar-refractivity contribution < 1.29 is 4.39 Å². The van der Waals surface area contributed by atoms with Gasteiger partial charge < -0.3 is 0 Å². The molecule has 0 aromatic heterocycles. The Morgan fingerprint density at radius 2 is 2.22 bits per heavy atom. The highest BCUT2D eigenvalue weighted by atomic mass is 35.5. The van der Waals surface area contributed by atoms with Crippen molar-refractivity contribution in [1.29, 1.82) is 0 Å². The molecule has 0 N–H and O–H groups in total. The van der Waals surface area contributed by atoms with Crippen LogP contribution in [0.4, 0.5) is 4.39 Å². The monoisotopic (exact) mass is 151 g/mol. The minimum Gasteiger partial charge on any atom is -0.243 e. The van der Waals surface area contributed by atoms with E-state index in [4.69, 9.17) is 11.6 Å². The largest absolute Gasteiger partial charge is 0.243 e. The normalized spacial score (nSPS) is 16.4. The topological polar surface area (TPSA) is 29.4 Å². The van der Waals surface area contributed by atoms with Gasteiger partial charge in [0.05, 0.1) is 0 Å². The van der Waals surface area contributed by atoms with Gasteiger partial charge in [0, 0.05) is 5.57 Å². The van der Waals surface area contributed by atoms with E-state index in [9.17, 15) is 9.30 Å². The van der Waals surface area contributed by atoms with Gasteiger partial charge in [-0.25, -0.2) is 4.39 Å². The molecule has 0 saturated heterocycles. The Hall–Kier alpha value is -0.440. The fraction of sp³-hybridized carbons (Fsp3) is 0.600. The van der Waals surface area contributed by atoms with Crippen molar-refractivity contribution in [3.05, 3.63) is 15.6 Å². The molecule has 0 rings (SSSR count). The second-order valence-corrected chi connectivity index (χ2v) is 2.04. The average Bonchev–Trinajstić information content (AvgIpc) is 1.84. The quantitative estimate of drug-likeness (QED) is 0.441. The molecule has 0 aliphatic carbocycles. The minimum atomic E-state index is -1.20. The first-order chi connectivity index (χ1) is 4.09. The van der Waals surface area contributed by atoms with Gasteiger partial charge in [0.2, 0.25) is 0 Å². The van der Waals surface area contributed by atoms with Gasteiger partial charge >= 0.3 is 0 Å².